The average molecular weight is 487 g/mol. The number of nitrogens with zero attached hydrogens (tertiary/aromatic N) is 4. The van der Waals surface area contributed by atoms with Crippen LogP contribution in [-0.2, 0) is 4.79 Å². The maximum absolute atomic E-state index is 12.4. The van der Waals surface area contributed by atoms with Gasteiger partial charge in [0.1, 0.15) is 5.75 Å². The second-order valence-corrected chi connectivity index (χ2v) is 7.95. The van der Waals surface area contributed by atoms with Gasteiger partial charge in [0.25, 0.3) is 11.3 Å². The Morgan fingerprint density at radius 2 is 1.90 bits per heavy atom. The first-order valence-electron chi connectivity index (χ1n) is 8.72. The van der Waals surface area contributed by atoms with Gasteiger partial charge in [0.15, 0.2) is 5.69 Å². The maximum Gasteiger partial charge on any atom is 0.279 e. The molecule has 0 aliphatic heterocycles. The van der Waals surface area contributed by atoms with Gasteiger partial charge in [-0.25, -0.2) is 0 Å². The minimum atomic E-state index is -0.385. The fourth-order valence-corrected chi connectivity index (χ4v) is 3.57. The van der Waals surface area contributed by atoms with E-state index in [2.05, 4.69) is 41.5 Å². The zero-order valence-electron chi connectivity index (χ0n) is 15.6. The highest BCUT2D eigenvalue weighted by Gasteiger charge is 2.15. The fourth-order valence-electron chi connectivity index (χ4n) is 2.63. The number of aromatic nitrogens is 5. The van der Waals surface area contributed by atoms with Crippen molar-refractivity contribution in [1.82, 2.24) is 24.8 Å². The summed E-state index contributed by atoms with van der Waals surface area (Å²) in [5, 5.41) is 15.5. The van der Waals surface area contributed by atoms with E-state index in [1.165, 1.54) is 16.3 Å². The molecule has 1 amide bonds. The molecule has 0 spiro atoms. The van der Waals surface area contributed by atoms with Crippen molar-refractivity contribution >= 4 is 45.1 Å². The second-order valence-electron chi connectivity index (χ2n) is 6.09. The van der Waals surface area contributed by atoms with E-state index < -0.39 is 0 Å². The number of benzene rings is 2. The molecule has 2 heterocycles. The van der Waals surface area contributed by atoms with Gasteiger partial charge >= 0.3 is 0 Å². The van der Waals surface area contributed by atoms with E-state index in [-0.39, 0.29) is 28.7 Å². The molecule has 0 bridgehead atoms. The molecule has 0 aliphatic rings. The Hall–Kier alpha value is -3.18. The van der Waals surface area contributed by atoms with Crippen LogP contribution in [0.4, 0.5) is 5.69 Å². The van der Waals surface area contributed by atoms with Crippen LogP contribution in [0, 0.1) is 0 Å². The number of carbonyl (C=O) groups is 1. The van der Waals surface area contributed by atoms with Crippen molar-refractivity contribution in [2.75, 3.05) is 18.2 Å². The lowest BCUT2D eigenvalue weighted by atomic mass is 10.1. The van der Waals surface area contributed by atoms with E-state index in [0.717, 1.165) is 4.47 Å². The van der Waals surface area contributed by atoms with Gasteiger partial charge < -0.3 is 10.1 Å². The number of amides is 1. The molecule has 9 nitrogen and oxygen atoms in total. The van der Waals surface area contributed by atoms with Crippen molar-refractivity contribution in [3.63, 3.8) is 0 Å². The summed E-state index contributed by atoms with van der Waals surface area (Å²) < 4.78 is 7.48. The number of anilines is 1. The lowest BCUT2D eigenvalue weighted by Gasteiger charge is -2.05. The van der Waals surface area contributed by atoms with Gasteiger partial charge in [-0.2, -0.15) is 9.61 Å². The predicted octanol–water partition coefficient (Wildman–Crippen LogP) is 2.98. The van der Waals surface area contributed by atoms with Crippen LogP contribution in [0.2, 0.25) is 0 Å². The molecule has 30 heavy (non-hydrogen) atoms. The Morgan fingerprint density at radius 3 is 2.60 bits per heavy atom. The lowest BCUT2D eigenvalue weighted by molar-refractivity contribution is -0.113. The van der Waals surface area contributed by atoms with E-state index in [0.29, 0.717) is 22.2 Å². The van der Waals surface area contributed by atoms with E-state index in [1.807, 2.05) is 12.1 Å². The number of hydrogen-bond acceptors (Lipinski definition) is 7. The SMILES string of the molecule is COc1ccc(-c2nn3c(SCC(=O)Nc4ccc(Br)cc4)nnc3[nH]c2=O)cc1. The zero-order chi connectivity index (χ0) is 21.1. The Bertz CT molecular complexity index is 1250. The van der Waals surface area contributed by atoms with Crippen LogP contribution >= 0.6 is 27.7 Å². The van der Waals surface area contributed by atoms with Crippen molar-refractivity contribution < 1.29 is 9.53 Å². The van der Waals surface area contributed by atoms with Crippen LogP contribution < -0.4 is 15.6 Å². The van der Waals surface area contributed by atoms with Crippen molar-refractivity contribution in [2.24, 2.45) is 0 Å². The van der Waals surface area contributed by atoms with Crippen LogP contribution in [0.1, 0.15) is 0 Å². The summed E-state index contributed by atoms with van der Waals surface area (Å²) >= 11 is 4.52. The van der Waals surface area contributed by atoms with E-state index >= 15 is 0 Å². The molecular formula is C19H15BrN6O3S. The summed E-state index contributed by atoms with van der Waals surface area (Å²) in [6.45, 7) is 0. The number of thioether (sulfide) groups is 1. The highest BCUT2D eigenvalue weighted by molar-refractivity contribution is 9.10. The first-order valence-corrected chi connectivity index (χ1v) is 10.5. The van der Waals surface area contributed by atoms with Crippen molar-refractivity contribution in [3.8, 4) is 17.0 Å². The number of halogens is 1. The number of aromatic amines is 1. The van der Waals surface area contributed by atoms with Crippen molar-refractivity contribution in [1.29, 1.82) is 0 Å². The number of methoxy groups -OCH3 is 1. The monoisotopic (exact) mass is 486 g/mol. The summed E-state index contributed by atoms with van der Waals surface area (Å²) in [6, 6.07) is 14.3. The third-order valence-electron chi connectivity index (χ3n) is 4.08. The summed E-state index contributed by atoms with van der Waals surface area (Å²) in [4.78, 5) is 27.3. The fraction of sp³-hybridized carbons (Fsp3) is 0.105. The molecule has 0 aliphatic carbocycles. The Morgan fingerprint density at radius 1 is 1.17 bits per heavy atom. The normalized spacial score (nSPS) is 10.9. The molecular weight excluding hydrogens is 472 g/mol. The van der Waals surface area contributed by atoms with Crippen LogP contribution in [-0.4, -0.2) is 43.6 Å². The summed E-state index contributed by atoms with van der Waals surface area (Å²) in [5.41, 5.74) is 1.14. The van der Waals surface area contributed by atoms with Gasteiger partial charge in [-0.05, 0) is 48.5 Å². The molecule has 0 saturated heterocycles. The van der Waals surface area contributed by atoms with Gasteiger partial charge in [0.2, 0.25) is 11.1 Å². The first kappa shape index (κ1) is 20.1. The van der Waals surface area contributed by atoms with Crippen LogP contribution in [0.3, 0.4) is 0 Å². The molecule has 0 radical (unpaired) electrons. The number of carbonyl (C=O) groups excluding carboxylic acids is 1. The number of fused-ring (bicyclic) bond motifs is 1. The number of nitrogens with one attached hydrogen (secondary N) is 2. The smallest absolute Gasteiger partial charge is 0.279 e. The number of H-pyrrole nitrogens is 1. The van der Waals surface area contributed by atoms with Gasteiger partial charge in [-0.3, -0.25) is 14.6 Å². The average Bonchev–Trinajstić information content (AvgIpc) is 3.15. The van der Waals surface area contributed by atoms with Crippen molar-refractivity contribution in [2.45, 2.75) is 5.16 Å². The molecule has 2 aromatic carbocycles. The highest BCUT2D eigenvalue weighted by atomic mass is 79.9. The molecule has 4 aromatic rings. The van der Waals surface area contributed by atoms with Crippen LogP contribution in [0.5, 0.6) is 5.75 Å². The van der Waals surface area contributed by atoms with Crippen molar-refractivity contribution in [3.05, 3.63) is 63.4 Å². The maximum atomic E-state index is 12.4. The van der Waals surface area contributed by atoms with Gasteiger partial charge in [-0.15, -0.1) is 10.2 Å². The number of hydrogen-bond donors (Lipinski definition) is 2. The molecule has 0 atom stereocenters. The molecule has 4 rings (SSSR count). The highest BCUT2D eigenvalue weighted by Crippen LogP contribution is 2.20. The third-order valence-corrected chi connectivity index (χ3v) is 5.52. The van der Waals surface area contributed by atoms with E-state index in [4.69, 9.17) is 4.74 Å². The van der Waals surface area contributed by atoms with E-state index in [1.54, 1.807) is 43.5 Å². The van der Waals surface area contributed by atoms with Crippen LogP contribution in [0.25, 0.3) is 17.0 Å². The minimum Gasteiger partial charge on any atom is -0.497 e. The summed E-state index contributed by atoms with van der Waals surface area (Å²) in [5.74, 6) is 0.788. The van der Waals surface area contributed by atoms with Crippen LogP contribution in [0.15, 0.2) is 63.0 Å². The molecule has 0 unspecified atom stereocenters. The predicted molar refractivity (Wildman–Crippen MR) is 117 cm³/mol. The molecule has 0 fully saturated rings. The first-order chi connectivity index (χ1) is 14.5. The van der Waals surface area contributed by atoms with E-state index in [9.17, 15) is 9.59 Å². The summed E-state index contributed by atoms with van der Waals surface area (Å²) in [6.07, 6.45) is 0. The Balaban J connectivity index is 1.53. The lowest BCUT2D eigenvalue weighted by Crippen LogP contribution is -2.16. The summed E-state index contributed by atoms with van der Waals surface area (Å²) in [7, 11) is 1.57. The topological polar surface area (TPSA) is 114 Å². The Labute approximate surface area is 183 Å². The Kier molecular flexibility index (Phi) is 5.81. The third kappa shape index (κ3) is 4.36. The standard InChI is InChI=1S/C19H15BrN6O3S/c1-29-14-8-2-11(3-9-14)16-17(28)22-18-23-24-19(26(18)25-16)30-10-15(27)21-13-6-4-12(20)5-7-13/h2-9H,10H2,1H3,(H,21,27)(H,22,23,28). The molecule has 0 saturated carbocycles. The van der Waals surface area contributed by atoms with Gasteiger partial charge in [-0.1, -0.05) is 27.7 Å². The number of rotatable bonds is 6. The molecule has 2 N–H and O–H groups in total. The minimum absolute atomic E-state index is 0.107. The molecule has 2 aromatic heterocycles. The zero-order valence-corrected chi connectivity index (χ0v) is 18.0. The largest absolute Gasteiger partial charge is 0.497 e. The number of ether oxygens (including phenoxy) is 1. The quantitative estimate of drug-likeness (QED) is 0.402. The molecule has 11 heteroatoms. The van der Waals surface area contributed by atoms with Gasteiger partial charge in [0.05, 0.1) is 12.9 Å². The second kappa shape index (κ2) is 8.67. The van der Waals surface area contributed by atoms with Gasteiger partial charge in [0, 0.05) is 15.7 Å². The molecule has 152 valence electrons.